The Morgan fingerprint density at radius 2 is 2.56 bits per heavy atom. The van der Waals surface area contributed by atoms with Crippen molar-refractivity contribution < 1.29 is 9.47 Å². The van der Waals surface area contributed by atoms with Gasteiger partial charge in [0, 0.05) is 12.5 Å². The summed E-state index contributed by atoms with van der Waals surface area (Å²) in [6.07, 6.45) is 2.31. The van der Waals surface area contributed by atoms with Gasteiger partial charge in [0.05, 0.1) is 19.4 Å². The number of nitrogen functional groups attached to an aromatic ring is 1. The number of rotatable bonds is 3. The second-order valence-corrected chi connectivity index (χ2v) is 3.60. The first kappa shape index (κ1) is 10.6. The van der Waals surface area contributed by atoms with Gasteiger partial charge in [0.25, 0.3) is 5.88 Å². The largest absolute Gasteiger partial charge is 0.475 e. The van der Waals surface area contributed by atoms with Gasteiger partial charge in [-0.3, -0.25) is 0 Å². The number of hydrogen-bond acceptors (Lipinski definition) is 6. The van der Waals surface area contributed by atoms with Crippen LogP contribution in [0.2, 0.25) is 0 Å². The number of ether oxygens (including phenoxy) is 2. The standard InChI is InChI=1S/C10H12N4O2/c11-3-8-10(14-9(12)4-13-8)16-6-7-1-2-15-5-7/h4,7H,1-2,5-6H2,(H2,12,14). The summed E-state index contributed by atoms with van der Waals surface area (Å²) in [5.74, 6) is 0.806. The molecule has 2 N–H and O–H groups in total. The van der Waals surface area contributed by atoms with Gasteiger partial charge >= 0.3 is 0 Å². The third-order valence-corrected chi connectivity index (χ3v) is 2.34. The van der Waals surface area contributed by atoms with Crippen molar-refractivity contribution in [2.75, 3.05) is 25.6 Å². The third kappa shape index (κ3) is 2.38. The highest BCUT2D eigenvalue weighted by atomic mass is 16.5. The van der Waals surface area contributed by atoms with E-state index in [9.17, 15) is 0 Å². The average Bonchev–Trinajstić information content (AvgIpc) is 2.79. The number of anilines is 1. The molecule has 84 valence electrons. The molecule has 0 amide bonds. The zero-order valence-electron chi connectivity index (χ0n) is 8.72. The molecule has 0 bridgehead atoms. The summed E-state index contributed by atoms with van der Waals surface area (Å²) in [5.41, 5.74) is 5.64. The number of nitriles is 1. The Morgan fingerprint density at radius 1 is 1.69 bits per heavy atom. The first-order chi connectivity index (χ1) is 7.79. The number of nitrogens with two attached hydrogens (primary N) is 1. The van der Waals surface area contributed by atoms with Crippen LogP contribution in [0.3, 0.4) is 0 Å². The number of nitrogens with zero attached hydrogens (tertiary/aromatic N) is 3. The molecule has 6 heteroatoms. The molecule has 0 aliphatic carbocycles. The van der Waals surface area contributed by atoms with Crippen molar-refractivity contribution in [1.29, 1.82) is 5.26 Å². The van der Waals surface area contributed by atoms with Crippen LogP contribution in [0.25, 0.3) is 0 Å². The Bertz CT molecular complexity index is 410. The lowest BCUT2D eigenvalue weighted by atomic mass is 10.1. The monoisotopic (exact) mass is 220 g/mol. The van der Waals surface area contributed by atoms with Crippen molar-refractivity contribution in [3.8, 4) is 11.9 Å². The molecule has 1 aliphatic heterocycles. The van der Waals surface area contributed by atoms with E-state index in [2.05, 4.69) is 9.97 Å². The lowest BCUT2D eigenvalue weighted by molar-refractivity contribution is 0.165. The predicted octanol–water partition coefficient (Wildman–Crippen LogP) is 0.346. The molecule has 2 heterocycles. The fraction of sp³-hybridized carbons (Fsp3) is 0.500. The second-order valence-electron chi connectivity index (χ2n) is 3.60. The van der Waals surface area contributed by atoms with Gasteiger partial charge in [-0.1, -0.05) is 0 Å². The molecule has 1 aromatic heterocycles. The van der Waals surface area contributed by atoms with Crippen LogP contribution in [0.15, 0.2) is 6.20 Å². The Hall–Kier alpha value is -1.87. The van der Waals surface area contributed by atoms with Crippen molar-refractivity contribution in [1.82, 2.24) is 9.97 Å². The van der Waals surface area contributed by atoms with E-state index in [-0.39, 0.29) is 17.4 Å². The molecule has 1 fully saturated rings. The topological polar surface area (TPSA) is 94.1 Å². The molecule has 1 unspecified atom stereocenters. The lowest BCUT2D eigenvalue weighted by Gasteiger charge is -2.10. The van der Waals surface area contributed by atoms with E-state index in [1.165, 1.54) is 6.20 Å². The van der Waals surface area contributed by atoms with E-state index in [1.807, 2.05) is 6.07 Å². The molecule has 0 aromatic carbocycles. The van der Waals surface area contributed by atoms with Gasteiger partial charge in [0.15, 0.2) is 0 Å². The Morgan fingerprint density at radius 3 is 3.25 bits per heavy atom. The molecular weight excluding hydrogens is 208 g/mol. The highest BCUT2D eigenvalue weighted by Crippen LogP contribution is 2.17. The zero-order chi connectivity index (χ0) is 11.4. The predicted molar refractivity (Wildman–Crippen MR) is 55.6 cm³/mol. The van der Waals surface area contributed by atoms with Crippen LogP contribution >= 0.6 is 0 Å². The summed E-state index contributed by atoms with van der Waals surface area (Å²) in [6.45, 7) is 1.94. The van der Waals surface area contributed by atoms with Gasteiger partial charge in [-0.15, -0.1) is 0 Å². The summed E-state index contributed by atoms with van der Waals surface area (Å²) < 4.78 is 10.7. The van der Waals surface area contributed by atoms with Crippen LogP contribution in [0.4, 0.5) is 5.82 Å². The normalized spacial score (nSPS) is 19.3. The van der Waals surface area contributed by atoms with Crippen molar-refractivity contribution in [2.45, 2.75) is 6.42 Å². The molecule has 0 spiro atoms. The van der Waals surface area contributed by atoms with Crippen LogP contribution in [0.1, 0.15) is 12.1 Å². The van der Waals surface area contributed by atoms with Crippen LogP contribution in [0.5, 0.6) is 5.88 Å². The maximum absolute atomic E-state index is 8.80. The average molecular weight is 220 g/mol. The van der Waals surface area contributed by atoms with Gasteiger partial charge in [0.1, 0.15) is 11.9 Å². The van der Waals surface area contributed by atoms with Gasteiger partial charge in [0.2, 0.25) is 5.69 Å². The minimum atomic E-state index is 0.160. The van der Waals surface area contributed by atoms with Crippen LogP contribution in [-0.2, 0) is 4.74 Å². The quantitative estimate of drug-likeness (QED) is 0.789. The fourth-order valence-corrected chi connectivity index (χ4v) is 1.47. The third-order valence-electron chi connectivity index (χ3n) is 2.34. The summed E-state index contributed by atoms with van der Waals surface area (Å²) in [5, 5.41) is 8.80. The van der Waals surface area contributed by atoms with Crippen molar-refractivity contribution in [3.05, 3.63) is 11.9 Å². The number of hydrogen-bond donors (Lipinski definition) is 1. The molecule has 2 rings (SSSR count). The number of aromatic nitrogens is 2. The molecular formula is C10H12N4O2. The van der Waals surface area contributed by atoms with E-state index in [4.69, 9.17) is 20.5 Å². The summed E-state index contributed by atoms with van der Waals surface area (Å²) in [7, 11) is 0. The summed E-state index contributed by atoms with van der Waals surface area (Å²) >= 11 is 0. The minimum Gasteiger partial charge on any atom is -0.475 e. The Kier molecular flexibility index (Phi) is 3.17. The molecule has 6 nitrogen and oxygen atoms in total. The van der Waals surface area contributed by atoms with E-state index < -0.39 is 0 Å². The smallest absolute Gasteiger partial charge is 0.253 e. The SMILES string of the molecule is N#Cc1ncc(N)nc1OCC1CCOC1. The van der Waals surface area contributed by atoms with Crippen molar-refractivity contribution >= 4 is 5.82 Å². The molecule has 1 saturated heterocycles. The van der Waals surface area contributed by atoms with Crippen molar-refractivity contribution in [2.24, 2.45) is 5.92 Å². The Balaban J connectivity index is 2.02. The molecule has 0 radical (unpaired) electrons. The maximum atomic E-state index is 8.80. The highest BCUT2D eigenvalue weighted by molar-refractivity contribution is 5.37. The first-order valence-corrected chi connectivity index (χ1v) is 5.02. The second kappa shape index (κ2) is 4.77. The zero-order valence-corrected chi connectivity index (χ0v) is 8.72. The fourth-order valence-electron chi connectivity index (χ4n) is 1.47. The lowest BCUT2D eigenvalue weighted by Crippen LogP contribution is -2.13. The highest BCUT2D eigenvalue weighted by Gasteiger charge is 2.17. The van der Waals surface area contributed by atoms with E-state index in [1.54, 1.807) is 0 Å². The van der Waals surface area contributed by atoms with Gasteiger partial charge in [-0.25, -0.2) is 4.98 Å². The minimum absolute atomic E-state index is 0.160. The Labute approximate surface area is 93.0 Å². The van der Waals surface area contributed by atoms with E-state index in [0.717, 1.165) is 13.0 Å². The first-order valence-electron chi connectivity index (χ1n) is 5.02. The molecule has 1 aromatic rings. The van der Waals surface area contributed by atoms with Gasteiger partial charge in [-0.2, -0.15) is 10.2 Å². The summed E-state index contributed by atoms with van der Waals surface area (Å²) in [4.78, 5) is 7.77. The van der Waals surface area contributed by atoms with Gasteiger partial charge < -0.3 is 15.2 Å². The van der Waals surface area contributed by atoms with Crippen LogP contribution in [-0.4, -0.2) is 29.8 Å². The molecule has 1 atom stereocenters. The summed E-state index contributed by atoms with van der Waals surface area (Å²) in [6, 6.07) is 1.91. The van der Waals surface area contributed by atoms with E-state index in [0.29, 0.717) is 19.1 Å². The molecule has 16 heavy (non-hydrogen) atoms. The van der Waals surface area contributed by atoms with Crippen LogP contribution < -0.4 is 10.5 Å². The molecule has 0 saturated carbocycles. The van der Waals surface area contributed by atoms with Gasteiger partial charge in [-0.05, 0) is 6.42 Å². The maximum Gasteiger partial charge on any atom is 0.253 e. The van der Waals surface area contributed by atoms with E-state index >= 15 is 0 Å². The van der Waals surface area contributed by atoms with Crippen molar-refractivity contribution in [3.63, 3.8) is 0 Å². The van der Waals surface area contributed by atoms with Crippen LogP contribution in [0, 0.1) is 17.2 Å². The molecule has 1 aliphatic rings.